The Morgan fingerprint density at radius 3 is 2.59 bits per heavy atom. The first-order valence-corrected chi connectivity index (χ1v) is 9.27. The largest absolute Gasteiger partial charge is 0.466 e. The highest BCUT2D eigenvalue weighted by Gasteiger charge is 2.26. The Bertz CT molecular complexity index is 769. The van der Waals surface area contributed by atoms with Crippen LogP contribution >= 0.6 is 0 Å². The normalized spacial score (nSPS) is 17.2. The van der Waals surface area contributed by atoms with Crippen LogP contribution in [0.2, 0.25) is 0 Å². The molecule has 1 aliphatic rings. The number of anilines is 1. The van der Waals surface area contributed by atoms with E-state index in [4.69, 9.17) is 4.74 Å². The van der Waals surface area contributed by atoms with Crippen LogP contribution in [0.4, 0.5) is 5.69 Å². The first kappa shape index (κ1) is 20.5. The number of carbonyl (C=O) groups is 2. The zero-order chi connectivity index (χ0) is 20.0. The van der Waals surface area contributed by atoms with Gasteiger partial charge in [0.25, 0.3) is 5.91 Å². The summed E-state index contributed by atoms with van der Waals surface area (Å²) in [6.07, 6.45) is 3.13. The standard InChI is InChI=1S/C21H27N3O3/c1-5-27-21(26)17-7-6-8-24(12-17)13-18(11-22)20(25)23-19-15(3)9-14(2)10-16(19)4/h9-10,13,17H,5-8,12H2,1-4H3,(H,23,25)/b18-13-. The molecule has 0 bridgehead atoms. The first-order chi connectivity index (χ1) is 12.8. The van der Waals surface area contributed by atoms with Gasteiger partial charge in [0, 0.05) is 25.0 Å². The van der Waals surface area contributed by atoms with Gasteiger partial charge in [-0.2, -0.15) is 5.26 Å². The van der Waals surface area contributed by atoms with Crippen LogP contribution < -0.4 is 5.32 Å². The van der Waals surface area contributed by atoms with Gasteiger partial charge in [0.15, 0.2) is 0 Å². The maximum atomic E-state index is 12.6. The molecule has 1 fully saturated rings. The Kier molecular flexibility index (Phi) is 7.00. The van der Waals surface area contributed by atoms with E-state index in [1.54, 1.807) is 13.1 Å². The van der Waals surface area contributed by atoms with Gasteiger partial charge < -0.3 is 15.0 Å². The van der Waals surface area contributed by atoms with Gasteiger partial charge in [-0.1, -0.05) is 17.7 Å². The van der Waals surface area contributed by atoms with Crippen molar-refractivity contribution in [2.75, 3.05) is 25.0 Å². The highest BCUT2D eigenvalue weighted by Crippen LogP contribution is 2.23. The molecule has 1 aromatic carbocycles. The van der Waals surface area contributed by atoms with Crippen molar-refractivity contribution in [2.45, 2.75) is 40.5 Å². The molecule has 1 heterocycles. The van der Waals surface area contributed by atoms with Crippen molar-refractivity contribution >= 4 is 17.6 Å². The van der Waals surface area contributed by atoms with E-state index in [0.717, 1.165) is 35.2 Å². The van der Waals surface area contributed by atoms with Gasteiger partial charge in [-0.05, 0) is 51.7 Å². The van der Waals surface area contributed by atoms with E-state index >= 15 is 0 Å². The van der Waals surface area contributed by atoms with Crippen molar-refractivity contribution in [3.05, 3.63) is 40.6 Å². The molecule has 1 aliphatic heterocycles. The molecule has 0 aromatic heterocycles. The molecular formula is C21H27N3O3. The molecule has 2 rings (SSSR count). The molecule has 0 spiro atoms. The number of rotatable bonds is 5. The number of nitrogens with one attached hydrogen (secondary N) is 1. The number of nitrogens with zero attached hydrogens (tertiary/aromatic N) is 2. The van der Waals surface area contributed by atoms with E-state index in [1.165, 1.54) is 0 Å². The fourth-order valence-electron chi connectivity index (χ4n) is 3.46. The molecule has 6 nitrogen and oxygen atoms in total. The van der Waals surface area contributed by atoms with Crippen LogP contribution in [0.15, 0.2) is 23.9 Å². The number of likely N-dealkylation sites (tertiary alicyclic amines) is 1. The van der Waals surface area contributed by atoms with Gasteiger partial charge in [0.05, 0.1) is 12.5 Å². The quantitative estimate of drug-likeness (QED) is 0.489. The molecule has 0 radical (unpaired) electrons. The summed E-state index contributed by atoms with van der Waals surface area (Å²) in [7, 11) is 0. The fraction of sp³-hybridized carbons (Fsp3) is 0.476. The fourth-order valence-corrected chi connectivity index (χ4v) is 3.46. The Morgan fingerprint density at radius 1 is 1.33 bits per heavy atom. The molecule has 1 saturated heterocycles. The molecule has 1 unspecified atom stereocenters. The number of benzene rings is 1. The SMILES string of the molecule is CCOC(=O)C1CCCN(/C=C(/C#N)C(=O)Nc2c(C)cc(C)cc2C)C1. The Balaban J connectivity index is 2.12. The number of amides is 1. The molecule has 6 heteroatoms. The summed E-state index contributed by atoms with van der Waals surface area (Å²) in [5.74, 6) is -0.880. The average molecular weight is 369 g/mol. The Morgan fingerprint density at radius 2 is 2.00 bits per heavy atom. The van der Waals surface area contributed by atoms with Crippen LogP contribution in [-0.2, 0) is 14.3 Å². The summed E-state index contributed by atoms with van der Waals surface area (Å²) in [5, 5.41) is 12.3. The van der Waals surface area contributed by atoms with E-state index in [2.05, 4.69) is 5.32 Å². The minimum Gasteiger partial charge on any atom is -0.466 e. The zero-order valence-electron chi connectivity index (χ0n) is 16.5. The highest BCUT2D eigenvalue weighted by atomic mass is 16.5. The van der Waals surface area contributed by atoms with Crippen LogP contribution in [0.1, 0.15) is 36.5 Å². The molecule has 144 valence electrons. The molecule has 27 heavy (non-hydrogen) atoms. The second-order valence-corrected chi connectivity index (χ2v) is 6.97. The second kappa shape index (κ2) is 9.22. The summed E-state index contributed by atoms with van der Waals surface area (Å²) in [6.45, 7) is 9.16. The number of nitriles is 1. The number of carbonyl (C=O) groups excluding carboxylic acids is 2. The summed E-state index contributed by atoms with van der Waals surface area (Å²) in [5.41, 5.74) is 3.79. The summed E-state index contributed by atoms with van der Waals surface area (Å²) < 4.78 is 5.09. The third-order valence-corrected chi connectivity index (χ3v) is 4.67. The number of ether oxygens (including phenoxy) is 1. The minimum absolute atomic E-state index is 0.0267. The molecule has 0 saturated carbocycles. The number of piperidine rings is 1. The molecule has 1 aromatic rings. The molecule has 1 atom stereocenters. The Labute approximate surface area is 160 Å². The summed E-state index contributed by atoms with van der Waals surface area (Å²) >= 11 is 0. The van der Waals surface area contributed by atoms with Gasteiger partial charge in [0.1, 0.15) is 11.6 Å². The van der Waals surface area contributed by atoms with Crippen LogP contribution in [0.3, 0.4) is 0 Å². The van der Waals surface area contributed by atoms with Crippen molar-refractivity contribution in [1.82, 2.24) is 4.90 Å². The molecule has 1 amide bonds. The predicted octanol–water partition coefficient (Wildman–Crippen LogP) is 3.23. The van der Waals surface area contributed by atoms with Crippen molar-refractivity contribution in [2.24, 2.45) is 5.92 Å². The second-order valence-electron chi connectivity index (χ2n) is 6.97. The number of hydrogen-bond donors (Lipinski definition) is 1. The average Bonchev–Trinajstić information content (AvgIpc) is 2.63. The van der Waals surface area contributed by atoms with E-state index < -0.39 is 5.91 Å². The summed E-state index contributed by atoms with van der Waals surface area (Å²) in [6, 6.07) is 5.97. The number of hydrogen-bond acceptors (Lipinski definition) is 5. The first-order valence-electron chi connectivity index (χ1n) is 9.27. The van der Waals surface area contributed by atoms with Gasteiger partial charge >= 0.3 is 5.97 Å². The molecular weight excluding hydrogens is 342 g/mol. The van der Waals surface area contributed by atoms with Crippen LogP contribution in [0.5, 0.6) is 0 Å². The third kappa shape index (κ3) is 5.33. The van der Waals surface area contributed by atoms with Crippen molar-refractivity contribution < 1.29 is 14.3 Å². The topological polar surface area (TPSA) is 82.4 Å². The lowest BCUT2D eigenvalue weighted by molar-refractivity contribution is -0.149. The summed E-state index contributed by atoms with van der Waals surface area (Å²) in [4.78, 5) is 26.4. The van der Waals surface area contributed by atoms with E-state index in [1.807, 2.05) is 43.9 Å². The number of aryl methyl sites for hydroxylation is 3. The molecule has 0 aliphatic carbocycles. The van der Waals surface area contributed by atoms with Crippen LogP contribution in [0.25, 0.3) is 0 Å². The lowest BCUT2D eigenvalue weighted by atomic mass is 9.98. The zero-order valence-corrected chi connectivity index (χ0v) is 16.5. The van der Waals surface area contributed by atoms with Crippen molar-refractivity contribution in [3.63, 3.8) is 0 Å². The van der Waals surface area contributed by atoms with Gasteiger partial charge in [-0.25, -0.2) is 0 Å². The highest BCUT2D eigenvalue weighted by molar-refractivity contribution is 6.07. The van der Waals surface area contributed by atoms with E-state index in [0.29, 0.717) is 19.7 Å². The lowest BCUT2D eigenvalue weighted by Gasteiger charge is -2.30. The van der Waals surface area contributed by atoms with E-state index in [-0.39, 0.29) is 17.5 Å². The van der Waals surface area contributed by atoms with Crippen LogP contribution in [0, 0.1) is 38.0 Å². The predicted molar refractivity (Wildman–Crippen MR) is 104 cm³/mol. The van der Waals surface area contributed by atoms with Crippen molar-refractivity contribution in [3.8, 4) is 6.07 Å². The van der Waals surface area contributed by atoms with Crippen LogP contribution in [-0.4, -0.2) is 36.5 Å². The Hall–Kier alpha value is -2.81. The molecule has 1 N–H and O–H groups in total. The third-order valence-electron chi connectivity index (χ3n) is 4.67. The smallest absolute Gasteiger partial charge is 0.310 e. The maximum absolute atomic E-state index is 12.6. The maximum Gasteiger partial charge on any atom is 0.310 e. The van der Waals surface area contributed by atoms with Gasteiger partial charge in [0.2, 0.25) is 0 Å². The minimum atomic E-state index is -0.439. The number of esters is 1. The van der Waals surface area contributed by atoms with Gasteiger partial charge in [-0.3, -0.25) is 9.59 Å². The van der Waals surface area contributed by atoms with Gasteiger partial charge in [-0.15, -0.1) is 0 Å². The monoisotopic (exact) mass is 369 g/mol. The lowest BCUT2D eigenvalue weighted by Crippen LogP contribution is -2.37. The van der Waals surface area contributed by atoms with E-state index in [9.17, 15) is 14.9 Å². The van der Waals surface area contributed by atoms with Crippen molar-refractivity contribution in [1.29, 1.82) is 5.26 Å².